The number of benzene rings is 1. The monoisotopic (exact) mass is 218 g/mol. The van der Waals surface area contributed by atoms with Crippen molar-refractivity contribution in [2.75, 3.05) is 13.1 Å². The summed E-state index contributed by atoms with van der Waals surface area (Å²) < 4.78 is 0. The SMILES string of the molecule is NC(=O)[C@@H](c1ccccc1)N1CCCCC1. The van der Waals surface area contributed by atoms with Crippen LogP contribution in [-0.2, 0) is 4.79 Å². The molecule has 1 aromatic rings. The van der Waals surface area contributed by atoms with E-state index in [-0.39, 0.29) is 11.9 Å². The minimum absolute atomic E-state index is 0.242. The summed E-state index contributed by atoms with van der Waals surface area (Å²) in [6.45, 7) is 1.95. The van der Waals surface area contributed by atoms with E-state index in [0.29, 0.717) is 0 Å². The van der Waals surface area contributed by atoms with E-state index in [1.807, 2.05) is 30.3 Å². The van der Waals surface area contributed by atoms with Crippen molar-refractivity contribution in [2.45, 2.75) is 25.3 Å². The molecule has 3 nitrogen and oxygen atoms in total. The first-order chi connectivity index (χ1) is 7.79. The van der Waals surface area contributed by atoms with Crippen LogP contribution in [0.1, 0.15) is 30.9 Å². The lowest BCUT2D eigenvalue weighted by Crippen LogP contribution is -2.40. The molecule has 0 bridgehead atoms. The Hall–Kier alpha value is -1.35. The predicted octanol–water partition coefficient (Wildman–Crippen LogP) is 1.70. The van der Waals surface area contributed by atoms with Gasteiger partial charge in [-0.15, -0.1) is 0 Å². The van der Waals surface area contributed by atoms with Gasteiger partial charge in [0.15, 0.2) is 0 Å². The Bertz CT molecular complexity index is 344. The number of rotatable bonds is 3. The van der Waals surface area contributed by atoms with Crippen molar-refractivity contribution in [3.63, 3.8) is 0 Å². The molecule has 86 valence electrons. The van der Waals surface area contributed by atoms with E-state index in [1.165, 1.54) is 6.42 Å². The van der Waals surface area contributed by atoms with E-state index in [2.05, 4.69) is 4.90 Å². The normalized spacial score (nSPS) is 19.2. The van der Waals surface area contributed by atoms with Crippen LogP contribution >= 0.6 is 0 Å². The average molecular weight is 218 g/mol. The van der Waals surface area contributed by atoms with Crippen molar-refractivity contribution >= 4 is 5.91 Å². The van der Waals surface area contributed by atoms with Gasteiger partial charge < -0.3 is 5.73 Å². The van der Waals surface area contributed by atoms with Crippen molar-refractivity contribution < 1.29 is 4.79 Å². The van der Waals surface area contributed by atoms with Crippen LogP contribution in [-0.4, -0.2) is 23.9 Å². The highest BCUT2D eigenvalue weighted by atomic mass is 16.1. The summed E-state index contributed by atoms with van der Waals surface area (Å²) in [5.41, 5.74) is 6.53. The fourth-order valence-electron chi connectivity index (χ4n) is 2.37. The molecule has 0 spiro atoms. The summed E-state index contributed by atoms with van der Waals surface area (Å²) in [5.74, 6) is -0.242. The number of piperidine rings is 1. The summed E-state index contributed by atoms with van der Waals surface area (Å²) in [7, 11) is 0. The Morgan fingerprint density at radius 2 is 1.75 bits per heavy atom. The standard InChI is InChI=1S/C13H18N2O/c14-13(16)12(11-7-3-1-4-8-11)15-9-5-2-6-10-15/h1,3-4,7-8,12H,2,5-6,9-10H2,(H2,14,16)/t12-/m1/s1. The lowest BCUT2D eigenvalue weighted by Gasteiger charge is -2.32. The molecule has 3 heteroatoms. The van der Waals surface area contributed by atoms with Crippen LogP contribution < -0.4 is 5.73 Å². The summed E-state index contributed by atoms with van der Waals surface area (Å²) in [6.07, 6.45) is 3.59. The number of carbonyl (C=O) groups is 1. The Labute approximate surface area is 96.2 Å². The Morgan fingerprint density at radius 1 is 1.12 bits per heavy atom. The van der Waals surface area contributed by atoms with Crippen LogP contribution in [0.5, 0.6) is 0 Å². The zero-order valence-electron chi connectivity index (χ0n) is 9.43. The van der Waals surface area contributed by atoms with Crippen LogP contribution in [0.15, 0.2) is 30.3 Å². The predicted molar refractivity (Wildman–Crippen MR) is 63.8 cm³/mol. The van der Waals surface area contributed by atoms with E-state index in [9.17, 15) is 4.79 Å². The van der Waals surface area contributed by atoms with E-state index in [1.54, 1.807) is 0 Å². The molecule has 1 amide bonds. The van der Waals surface area contributed by atoms with Crippen molar-refractivity contribution in [1.82, 2.24) is 4.90 Å². The van der Waals surface area contributed by atoms with Gasteiger partial charge in [-0.1, -0.05) is 36.8 Å². The molecule has 1 saturated heterocycles. The van der Waals surface area contributed by atoms with Gasteiger partial charge in [0.1, 0.15) is 6.04 Å². The minimum atomic E-state index is -0.249. The van der Waals surface area contributed by atoms with E-state index in [4.69, 9.17) is 5.73 Å². The van der Waals surface area contributed by atoms with Gasteiger partial charge in [-0.25, -0.2) is 0 Å². The van der Waals surface area contributed by atoms with E-state index in [0.717, 1.165) is 31.5 Å². The second-order valence-electron chi connectivity index (χ2n) is 4.31. The van der Waals surface area contributed by atoms with Gasteiger partial charge in [-0.2, -0.15) is 0 Å². The summed E-state index contributed by atoms with van der Waals surface area (Å²) in [5, 5.41) is 0. The van der Waals surface area contributed by atoms with Crippen molar-refractivity contribution in [2.24, 2.45) is 5.73 Å². The molecule has 1 heterocycles. The third-order valence-electron chi connectivity index (χ3n) is 3.14. The molecule has 2 rings (SSSR count). The molecule has 2 N–H and O–H groups in total. The van der Waals surface area contributed by atoms with Crippen LogP contribution in [0.3, 0.4) is 0 Å². The fraction of sp³-hybridized carbons (Fsp3) is 0.462. The minimum Gasteiger partial charge on any atom is -0.368 e. The second-order valence-corrected chi connectivity index (χ2v) is 4.31. The molecule has 1 fully saturated rings. The van der Waals surface area contributed by atoms with Crippen molar-refractivity contribution in [3.8, 4) is 0 Å². The molecule has 0 unspecified atom stereocenters. The highest BCUT2D eigenvalue weighted by Crippen LogP contribution is 2.23. The number of amides is 1. The fourth-order valence-corrected chi connectivity index (χ4v) is 2.37. The number of hydrogen-bond donors (Lipinski definition) is 1. The third-order valence-corrected chi connectivity index (χ3v) is 3.14. The highest BCUT2D eigenvalue weighted by Gasteiger charge is 2.26. The van der Waals surface area contributed by atoms with Gasteiger partial charge in [0.25, 0.3) is 0 Å². The van der Waals surface area contributed by atoms with Crippen LogP contribution in [0.4, 0.5) is 0 Å². The molecule has 1 atom stereocenters. The van der Waals surface area contributed by atoms with Crippen molar-refractivity contribution in [3.05, 3.63) is 35.9 Å². The number of nitrogens with zero attached hydrogens (tertiary/aromatic N) is 1. The van der Waals surface area contributed by atoms with Gasteiger partial charge in [-0.3, -0.25) is 9.69 Å². The van der Waals surface area contributed by atoms with Gasteiger partial charge in [0, 0.05) is 0 Å². The first-order valence-corrected chi connectivity index (χ1v) is 5.87. The number of primary amides is 1. The van der Waals surface area contributed by atoms with Gasteiger partial charge in [0.05, 0.1) is 0 Å². The molecule has 0 radical (unpaired) electrons. The summed E-state index contributed by atoms with van der Waals surface area (Å²) >= 11 is 0. The molecule has 1 aliphatic heterocycles. The Kier molecular flexibility index (Phi) is 3.57. The highest BCUT2D eigenvalue weighted by molar-refractivity contribution is 5.81. The maximum Gasteiger partial charge on any atom is 0.239 e. The zero-order chi connectivity index (χ0) is 11.4. The van der Waals surface area contributed by atoms with Gasteiger partial charge in [0.2, 0.25) is 5.91 Å². The Morgan fingerprint density at radius 3 is 2.31 bits per heavy atom. The third kappa shape index (κ3) is 2.42. The molecular formula is C13H18N2O. The number of likely N-dealkylation sites (tertiary alicyclic amines) is 1. The molecule has 0 aliphatic carbocycles. The largest absolute Gasteiger partial charge is 0.368 e. The van der Waals surface area contributed by atoms with Gasteiger partial charge in [-0.05, 0) is 31.5 Å². The molecular weight excluding hydrogens is 200 g/mol. The summed E-state index contributed by atoms with van der Waals surface area (Å²) in [6, 6.07) is 9.57. The summed E-state index contributed by atoms with van der Waals surface area (Å²) in [4.78, 5) is 13.8. The molecule has 1 aromatic carbocycles. The molecule has 0 aromatic heterocycles. The lowest BCUT2D eigenvalue weighted by molar-refractivity contribution is -0.123. The first-order valence-electron chi connectivity index (χ1n) is 5.87. The van der Waals surface area contributed by atoms with E-state index >= 15 is 0 Å². The van der Waals surface area contributed by atoms with E-state index < -0.39 is 0 Å². The van der Waals surface area contributed by atoms with Crippen LogP contribution in [0.25, 0.3) is 0 Å². The van der Waals surface area contributed by atoms with Crippen molar-refractivity contribution in [1.29, 1.82) is 0 Å². The molecule has 16 heavy (non-hydrogen) atoms. The van der Waals surface area contributed by atoms with Crippen LogP contribution in [0, 0.1) is 0 Å². The Balaban J connectivity index is 2.20. The maximum atomic E-state index is 11.6. The maximum absolute atomic E-state index is 11.6. The average Bonchev–Trinajstić information content (AvgIpc) is 2.31. The lowest BCUT2D eigenvalue weighted by atomic mass is 10.0. The number of nitrogens with two attached hydrogens (primary N) is 1. The van der Waals surface area contributed by atoms with Crippen LogP contribution in [0.2, 0.25) is 0 Å². The topological polar surface area (TPSA) is 46.3 Å². The molecule has 1 aliphatic rings. The smallest absolute Gasteiger partial charge is 0.239 e. The number of carbonyl (C=O) groups excluding carboxylic acids is 1. The first kappa shape index (κ1) is 11.1. The molecule has 0 saturated carbocycles. The zero-order valence-corrected chi connectivity index (χ0v) is 9.43. The second kappa shape index (κ2) is 5.12. The number of hydrogen-bond acceptors (Lipinski definition) is 2. The van der Waals surface area contributed by atoms with Gasteiger partial charge >= 0.3 is 0 Å². The quantitative estimate of drug-likeness (QED) is 0.839.